The summed E-state index contributed by atoms with van der Waals surface area (Å²) in [4.78, 5) is 14.0. The second-order valence-electron chi connectivity index (χ2n) is 6.17. The molecule has 1 saturated heterocycles. The van der Waals surface area contributed by atoms with Crippen molar-refractivity contribution in [2.24, 2.45) is 11.7 Å². The molecule has 7 heteroatoms. The SMILES string of the molecule is CC(C)S(=O)(=O)CC(=O)N1C[C@@H](CN)[C@H](c2ccccc2)C1.Cl. The largest absolute Gasteiger partial charge is 0.341 e. The summed E-state index contributed by atoms with van der Waals surface area (Å²) in [6, 6.07) is 9.96. The predicted molar refractivity (Wildman–Crippen MR) is 94.5 cm³/mol. The molecule has 1 aromatic carbocycles. The monoisotopic (exact) mass is 360 g/mol. The highest BCUT2D eigenvalue weighted by Crippen LogP contribution is 2.32. The third kappa shape index (κ3) is 4.68. The molecule has 0 unspecified atom stereocenters. The Hall–Kier alpha value is -1.11. The Morgan fingerprint density at radius 2 is 1.87 bits per heavy atom. The van der Waals surface area contributed by atoms with Gasteiger partial charge in [-0.2, -0.15) is 0 Å². The van der Waals surface area contributed by atoms with Crippen LogP contribution in [0.15, 0.2) is 30.3 Å². The Labute approximate surface area is 144 Å². The van der Waals surface area contributed by atoms with Gasteiger partial charge >= 0.3 is 0 Å². The van der Waals surface area contributed by atoms with Crippen LogP contribution in [0, 0.1) is 5.92 Å². The summed E-state index contributed by atoms with van der Waals surface area (Å²) in [6.45, 7) is 4.76. The Morgan fingerprint density at radius 3 is 2.39 bits per heavy atom. The van der Waals surface area contributed by atoms with E-state index < -0.39 is 20.8 Å². The summed E-state index contributed by atoms with van der Waals surface area (Å²) in [7, 11) is -3.36. The zero-order chi connectivity index (χ0) is 16.3. The molecule has 1 fully saturated rings. The van der Waals surface area contributed by atoms with Crippen LogP contribution in [0.25, 0.3) is 0 Å². The van der Waals surface area contributed by atoms with Gasteiger partial charge in [-0.05, 0) is 31.9 Å². The molecule has 0 spiro atoms. The number of hydrogen-bond donors (Lipinski definition) is 1. The fourth-order valence-electron chi connectivity index (χ4n) is 2.82. The minimum absolute atomic E-state index is 0. The standard InChI is InChI=1S/C16H24N2O3S.ClH/c1-12(2)22(20,21)11-16(19)18-9-14(8-17)15(10-18)13-6-4-3-5-7-13;/h3-7,12,14-15H,8-11,17H2,1-2H3;1H/t14-,15+;/m1./s1. The van der Waals surface area contributed by atoms with Crippen molar-refractivity contribution in [2.45, 2.75) is 25.0 Å². The number of rotatable bonds is 5. The summed E-state index contributed by atoms with van der Waals surface area (Å²) < 4.78 is 23.9. The summed E-state index contributed by atoms with van der Waals surface area (Å²) >= 11 is 0. The quantitative estimate of drug-likeness (QED) is 0.861. The molecule has 1 aliphatic rings. The summed E-state index contributed by atoms with van der Waals surface area (Å²) in [5.74, 6) is -0.376. The van der Waals surface area contributed by atoms with Gasteiger partial charge in [0.2, 0.25) is 5.91 Å². The first-order valence-electron chi connectivity index (χ1n) is 7.59. The molecule has 2 N–H and O–H groups in total. The molecule has 2 atom stereocenters. The first-order valence-corrected chi connectivity index (χ1v) is 9.31. The molecule has 1 aromatic rings. The van der Waals surface area contributed by atoms with Gasteiger partial charge in [0.1, 0.15) is 5.75 Å². The summed E-state index contributed by atoms with van der Waals surface area (Å²) in [5, 5.41) is -0.533. The van der Waals surface area contributed by atoms with Crippen LogP contribution in [-0.4, -0.2) is 49.9 Å². The highest BCUT2D eigenvalue weighted by Gasteiger charge is 2.36. The maximum Gasteiger partial charge on any atom is 0.237 e. The molecule has 0 aliphatic carbocycles. The Morgan fingerprint density at radius 1 is 1.26 bits per heavy atom. The van der Waals surface area contributed by atoms with Crippen LogP contribution in [0.2, 0.25) is 0 Å². The van der Waals surface area contributed by atoms with Gasteiger partial charge in [-0.25, -0.2) is 8.42 Å². The number of nitrogens with zero attached hydrogens (tertiary/aromatic N) is 1. The van der Waals surface area contributed by atoms with Gasteiger partial charge in [0.05, 0.1) is 5.25 Å². The maximum atomic E-state index is 12.3. The van der Waals surface area contributed by atoms with E-state index >= 15 is 0 Å². The fraction of sp³-hybridized carbons (Fsp3) is 0.562. The first-order chi connectivity index (χ1) is 10.3. The van der Waals surface area contributed by atoms with Crippen molar-refractivity contribution in [3.63, 3.8) is 0 Å². The van der Waals surface area contributed by atoms with Crippen LogP contribution in [0.4, 0.5) is 0 Å². The van der Waals surface area contributed by atoms with Crippen LogP contribution in [0.3, 0.4) is 0 Å². The first kappa shape index (κ1) is 19.9. The molecule has 0 saturated carbocycles. The molecule has 1 heterocycles. The topological polar surface area (TPSA) is 80.5 Å². The Kier molecular flexibility index (Phi) is 7.04. The number of hydrogen-bond acceptors (Lipinski definition) is 4. The lowest BCUT2D eigenvalue weighted by molar-refractivity contribution is -0.127. The Bertz CT molecular complexity index is 619. The van der Waals surface area contributed by atoms with Crippen molar-refractivity contribution in [2.75, 3.05) is 25.4 Å². The second-order valence-corrected chi connectivity index (χ2v) is 8.72. The number of nitrogens with two attached hydrogens (primary N) is 1. The van der Waals surface area contributed by atoms with Crippen molar-refractivity contribution in [3.8, 4) is 0 Å². The van der Waals surface area contributed by atoms with Gasteiger partial charge in [0.25, 0.3) is 0 Å². The molecular formula is C16H25ClN2O3S. The third-order valence-corrected chi connectivity index (χ3v) is 6.45. The number of amides is 1. The van der Waals surface area contributed by atoms with E-state index in [-0.39, 0.29) is 30.2 Å². The van der Waals surface area contributed by atoms with E-state index in [0.717, 1.165) is 5.56 Å². The van der Waals surface area contributed by atoms with Gasteiger partial charge in [-0.3, -0.25) is 4.79 Å². The number of benzene rings is 1. The van der Waals surface area contributed by atoms with Crippen LogP contribution >= 0.6 is 12.4 Å². The number of halogens is 1. The molecule has 0 radical (unpaired) electrons. The van der Waals surface area contributed by atoms with Gasteiger partial charge in [0.15, 0.2) is 9.84 Å². The Balaban J connectivity index is 0.00000264. The van der Waals surface area contributed by atoms with Crippen LogP contribution < -0.4 is 5.73 Å². The van der Waals surface area contributed by atoms with Crippen molar-refractivity contribution < 1.29 is 13.2 Å². The minimum atomic E-state index is -3.36. The molecule has 5 nitrogen and oxygen atoms in total. The second kappa shape index (κ2) is 8.13. The molecular weight excluding hydrogens is 336 g/mol. The van der Waals surface area contributed by atoms with Gasteiger partial charge in [-0.1, -0.05) is 30.3 Å². The number of likely N-dealkylation sites (tertiary alicyclic amines) is 1. The van der Waals surface area contributed by atoms with Crippen LogP contribution in [0.5, 0.6) is 0 Å². The van der Waals surface area contributed by atoms with E-state index in [0.29, 0.717) is 19.6 Å². The van der Waals surface area contributed by atoms with Gasteiger partial charge < -0.3 is 10.6 Å². The van der Waals surface area contributed by atoms with E-state index in [9.17, 15) is 13.2 Å². The van der Waals surface area contributed by atoms with E-state index in [1.807, 2.05) is 30.3 Å². The number of carbonyl (C=O) groups is 1. The van der Waals surface area contributed by atoms with Gasteiger partial charge in [-0.15, -0.1) is 12.4 Å². The fourth-order valence-corrected chi connectivity index (χ4v) is 3.68. The normalized spacial score (nSPS) is 21.3. The number of carbonyl (C=O) groups excluding carboxylic acids is 1. The van der Waals surface area contributed by atoms with Crippen molar-refractivity contribution in [1.29, 1.82) is 0 Å². The minimum Gasteiger partial charge on any atom is -0.341 e. The maximum absolute atomic E-state index is 12.3. The van der Waals surface area contributed by atoms with Crippen LogP contribution in [-0.2, 0) is 14.6 Å². The lowest BCUT2D eigenvalue weighted by Gasteiger charge is -2.17. The molecule has 130 valence electrons. The van der Waals surface area contributed by atoms with E-state index in [4.69, 9.17) is 5.73 Å². The zero-order valence-electron chi connectivity index (χ0n) is 13.5. The van der Waals surface area contributed by atoms with Crippen molar-refractivity contribution >= 4 is 28.2 Å². The van der Waals surface area contributed by atoms with E-state index in [1.165, 1.54) is 0 Å². The highest BCUT2D eigenvalue weighted by molar-refractivity contribution is 7.92. The molecule has 1 aliphatic heterocycles. The summed E-state index contributed by atoms with van der Waals surface area (Å²) in [5.41, 5.74) is 7.00. The van der Waals surface area contributed by atoms with E-state index in [1.54, 1.807) is 18.7 Å². The zero-order valence-corrected chi connectivity index (χ0v) is 15.1. The molecule has 0 aromatic heterocycles. The lowest BCUT2D eigenvalue weighted by atomic mass is 9.89. The molecule has 1 amide bonds. The van der Waals surface area contributed by atoms with Crippen LogP contribution in [0.1, 0.15) is 25.3 Å². The highest BCUT2D eigenvalue weighted by atomic mass is 35.5. The van der Waals surface area contributed by atoms with Crippen molar-refractivity contribution in [3.05, 3.63) is 35.9 Å². The van der Waals surface area contributed by atoms with E-state index in [2.05, 4.69) is 0 Å². The smallest absolute Gasteiger partial charge is 0.237 e. The molecule has 0 bridgehead atoms. The predicted octanol–water partition coefficient (Wildman–Crippen LogP) is 1.43. The lowest BCUT2D eigenvalue weighted by Crippen LogP contribution is -2.36. The van der Waals surface area contributed by atoms with Gasteiger partial charge in [0, 0.05) is 19.0 Å². The summed E-state index contributed by atoms with van der Waals surface area (Å²) in [6.07, 6.45) is 0. The molecule has 2 rings (SSSR count). The average molecular weight is 361 g/mol. The average Bonchev–Trinajstić information content (AvgIpc) is 2.92. The third-order valence-electron chi connectivity index (χ3n) is 4.37. The number of sulfone groups is 1. The molecule has 23 heavy (non-hydrogen) atoms. The van der Waals surface area contributed by atoms with Crippen molar-refractivity contribution in [1.82, 2.24) is 4.90 Å².